The molecule has 3 aliphatic rings. The lowest BCUT2D eigenvalue weighted by molar-refractivity contribution is -0.174. The first-order valence-corrected chi connectivity index (χ1v) is 8.16. The largest absolute Gasteiger partial charge is 0.463 e. The van der Waals surface area contributed by atoms with E-state index in [-0.39, 0.29) is 30.6 Å². The van der Waals surface area contributed by atoms with E-state index in [9.17, 15) is 14.7 Å². The van der Waals surface area contributed by atoms with E-state index >= 15 is 0 Å². The van der Waals surface area contributed by atoms with Gasteiger partial charge in [-0.2, -0.15) is 0 Å². The molecule has 124 valence electrons. The van der Waals surface area contributed by atoms with Gasteiger partial charge in [-0.05, 0) is 26.3 Å². The summed E-state index contributed by atoms with van der Waals surface area (Å²) < 4.78 is 11.1. The maximum absolute atomic E-state index is 12.4. The molecule has 0 aromatic rings. The molecule has 6 heteroatoms. The fourth-order valence-electron chi connectivity index (χ4n) is 3.99. The minimum atomic E-state index is -1.68. The maximum atomic E-state index is 12.4. The minimum Gasteiger partial charge on any atom is -0.463 e. The molecule has 3 heterocycles. The quantitative estimate of drug-likeness (QED) is 0.659. The summed E-state index contributed by atoms with van der Waals surface area (Å²) in [5.41, 5.74) is -1.68. The zero-order valence-electron chi connectivity index (χ0n) is 13.4. The van der Waals surface area contributed by atoms with Crippen molar-refractivity contribution in [3.63, 3.8) is 0 Å². The molecule has 3 fully saturated rings. The zero-order valence-corrected chi connectivity index (χ0v) is 13.4. The Morgan fingerprint density at radius 1 is 1.23 bits per heavy atom. The smallest absolute Gasteiger partial charge is 0.338 e. The topological polar surface area (TPSA) is 76.1 Å². The van der Waals surface area contributed by atoms with Gasteiger partial charge in [0, 0.05) is 18.4 Å². The van der Waals surface area contributed by atoms with E-state index < -0.39 is 23.4 Å². The molecule has 22 heavy (non-hydrogen) atoms. The second kappa shape index (κ2) is 5.49. The Balaban J connectivity index is 1.88. The fourth-order valence-corrected chi connectivity index (χ4v) is 3.99. The molecule has 0 radical (unpaired) electrons. The number of hydrogen-bond donors (Lipinski definition) is 1. The van der Waals surface area contributed by atoms with Gasteiger partial charge in [-0.3, -0.25) is 9.69 Å². The number of aliphatic hydroxyl groups is 1. The molecular weight excluding hydrogens is 286 g/mol. The average molecular weight is 311 g/mol. The summed E-state index contributed by atoms with van der Waals surface area (Å²) in [7, 11) is 0. The Bertz CT molecular complexity index is 477. The van der Waals surface area contributed by atoms with Gasteiger partial charge in [0.05, 0.1) is 18.6 Å². The van der Waals surface area contributed by atoms with Crippen molar-refractivity contribution in [1.82, 2.24) is 4.90 Å². The molecule has 0 bridgehead atoms. The van der Waals surface area contributed by atoms with Crippen LogP contribution < -0.4 is 0 Å². The Morgan fingerprint density at radius 3 is 2.64 bits per heavy atom. The molecule has 6 nitrogen and oxygen atoms in total. The van der Waals surface area contributed by atoms with Crippen molar-refractivity contribution < 1.29 is 24.2 Å². The number of hydrogen-bond acceptors (Lipinski definition) is 6. The van der Waals surface area contributed by atoms with Crippen LogP contribution in [0.15, 0.2) is 0 Å². The van der Waals surface area contributed by atoms with Crippen LogP contribution in [0.4, 0.5) is 0 Å². The van der Waals surface area contributed by atoms with Crippen LogP contribution in [0.25, 0.3) is 0 Å². The van der Waals surface area contributed by atoms with Gasteiger partial charge in [-0.25, -0.2) is 4.79 Å². The lowest BCUT2D eigenvalue weighted by atomic mass is 9.81. The first-order valence-electron chi connectivity index (χ1n) is 8.16. The standard InChI is InChI=1S/C16H25NO5/c1-9-10(2)16(3,20)15(19)21-8-11-4-6-17-7-5-12(13(11)17)22-14(9)18/h9-13,20H,4-8H2,1-3H3. The van der Waals surface area contributed by atoms with Crippen molar-refractivity contribution >= 4 is 11.9 Å². The number of carbonyl (C=O) groups is 2. The molecule has 6 unspecified atom stereocenters. The van der Waals surface area contributed by atoms with Crippen molar-refractivity contribution in [2.75, 3.05) is 19.7 Å². The maximum Gasteiger partial charge on any atom is 0.338 e. The number of cyclic esters (lactones) is 1. The Kier molecular flexibility index (Phi) is 3.93. The van der Waals surface area contributed by atoms with Gasteiger partial charge >= 0.3 is 11.9 Å². The molecule has 0 spiro atoms. The lowest BCUT2D eigenvalue weighted by Crippen LogP contribution is -2.47. The summed E-state index contributed by atoms with van der Waals surface area (Å²) in [6.07, 6.45) is 1.63. The number of ether oxygens (including phenoxy) is 2. The second-order valence-electron chi connectivity index (χ2n) is 7.16. The molecule has 3 rings (SSSR count). The fraction of sp³-hybridized carbons (Fsp3) is 0.875. The monoisotopic (exact) mass is 311 g/mol. The van der Waals surface area contributed by atoms with Crippen LogP contribution in [0, 0.1) is 17.8 Å². The first kappa shape index (κ1) is 15.7. The molecule has 0 aliphatic carbocycles. The van der Waals surface area contributed by atoms with Gasteiger partial charge in [0.1, 0.15) is 6.10 Å². The van der Waals surface area contributed by atoms with E-state index in [1.165, 1.54) is 6.92 Å². The summed E-state index contributed by atoms with van der Waals surface area (Å²) in [6.45, 7) is 6.96. The predicted octanol–water partition coefficient (Wildman–Crippen LogP) is 0.572. The van der Waals surface area contributed by atoms with Gasteiger partial charge < -0.3 is 14.6 Å². The zero-order chi connectivity index (χ0) is 16.1. The van der Waals surface area contributed by atoms with Crippen molar-refractivity contribution in [1.29, 1.82) is 0 Å². The van der Waals surface area contributed by atoms with Crippen molar-refractivity contribution in [3.8, 4) is 0 Å². The second-order valence-corrected chi connectivity index (χ2v) is 7.16. The molecule has 1 N–H and O–H groups in total. The highest BCUT2D eigenvalue weighted by atomic mass is 16.6. The van der Waals surface area contributed by atoms with Crippen LogP contribution in [0.3, 0.4) is 0 Å². The normalized spacial score (nSPS) is 46.6. The summed E-state index contributed by atoms with van der Waals surface area (Å²) in [5.74, 6) is -1.93. The molecular formula is C16H25NO5. The summed E-state index contributed by atoms with van der Waals surface area (Å²) >= 11 is 0. The average Bonchev–Trinajstić information content (AvgIpc) is 3.05. The number of nitrogens with zero attached hydrogens (tertiary/aromatic N) is 1. The molecule has 3 aliphatic heterocycles. The third-order valence-corrected chi connectivity index (χ3v) is 5.89. The van der Waals surface area contributed by atoms with Crippen LogP contribution in [0.5, 0.6) is 0 Å². The molecule has 0 aromatic heterocycles. The van der Waals surface area contributed by atoms with E-state index in [1.54, 1.807) is 13.8 Å². The molecule has 0 aromatic carbocycles. The minimum absolute atomic E-state index is 0.128. The number of carbonyl (C=O) groups excluding carboxylic acids is 2. The van der Waals surface area contributed by atoms with Gasteiger partial charge in [0.15, 0.2) is 5.60 Å². The highest BCUT2D eigenvalue weighted by Gasteiger charge is 2.50. The third kappa shape index (κ3) is 2.42. The van der Waals surface area contributed by atoms with Crippen molar-refractivity contribution in [2.24, 2.45) is 17.8 Å². The van der Waals surface area contributed by atoms with Crippen molar-refractivity contribution in [2.45, 2.75) is 51.4 Å². The van der Waals surface area contributed by atoms with Crippen LogP contribution in [0.1, 0.15) is 33.6 Å². The summed E-state index contributed by atoms with van der Waals surface area (Å²) in [6, 6.07) is 0.141. The Labute approximate surface area is 130 Å². The molecule has 0 amide bonds. The van der Waals surface area contributed by atoms with E-state index in [2.05, 4.69) is 4.90 Å². The van der Waals surface area contributed by atoms with Crippen LogP contribution in [0.2, 0.25) is 0 Å². The van der Waals surface area contributed by atoms with Gasteiger partial charge in [0.2, 0.25) is 0 Å². The van der Waals surface area contributed by atoms with Gasteiger partial charge in [0.25, 0.3) is 0 Å². The third-order valence-electron chi connectivity index (χ3n) is 5.89. The van der Waals surface area contributed by atoms with E-state index in [0.717, 1.165) is 25.9 Å². The molecule has 3 saturated heterocycles. The van der Waals surface area contributed by atoms with Gasteiger partial charge in [-0.1, -0.05) is 13.8 Å². The van der Waals surface area contributed by atoms with E-state index in [1.807, 2.05) is 0 Å². The Morgan fingerprint density at radius 2 is 1.91 bits per heavy atom. The van der Waals surface area contributed by atoms with Crippen molar-refractivity contribution in [3.05, 3.63) is 0 Å². The highest BCUT2D eigenvalue weighted by Crippen LogP contribution is 2.37. The SMILES string of the molecule is CC1C(=O)OC2CCN3CCC(COC(=O)C(C)(O)C1C)C23. The van der Waals surface area contributed by atoms with Crippen LogP contribution >= 0.6 is 0 Å². The predicted molar refractivity (Wildman–Crippen MR) is 77.9 cm³/mol. The Hall–Kier alpha value is -1.14. The van der Waals surface area contributed by atoms with Crippen LogP contribution in [-0.4, -0.2) is 59.4 Å². The van der Waals surface area contributed by atoms with Crippen LogP contribution in [-0.2, 0) is 19.1 Å². The molecule has 6 atom stereocenters. The number of rotatable bonds is 0. The highest BCUT2D eigenvalue weighted by molar-refractivity contribution is 5.81. The first-order chi connectivity index (χ1) is 10.3. The molecule has 0 saturated carbocycles. The lowest BCUT2D eigenvalue weighted by Gasteiger charge is -2.31. The van der Waals surface area contributed by atoms with Gasteiger partial charge in [-0.15, -0.1) is 0 Å². The van der Waals surface area contributed by atoms with E-state index in [0.29, 0.717) is 0 Å². The van der Waals surface area contributed by atoms with E-state index in [4.69, 9.17) is 9.47 Å². The number of esters is 2. The summed E-state index contributed by atoms with van der Waals surface area (Å²) in [4.78, 5) is 27.0. The summed E-state index contributed by atoms with van der Waals surface area (Å²) in [5, 5.41) is 10.5.